The molecule has 0 fully saturated rings. The van der Waals surface area contributed by atoms with Crippen molar-refractivity contribution >= 4 is 24.7 Å². The predicted octanol–water partition coefficient (Wildman–Crippen LogP) is 1.97. The van der Waals surface area contributed by atoms with Crippen LogP contribution in [0.25, 0.3) is 0 Å². The van der Waals surface area contributed by atoms with Gasteiger partial charge < -0.3 is 15.3 Å². The Morgan fingerprint density at radius 2 is 1.46 bits per heavy atom. The minimum Gasteiger partial charge on any atom is -0.480 e. The van der Waals surface area contributed by atoms with E-state index < -0.39 is 20.3 Å². The van der Waals surface area contributed by atoms with Crippen molar-refractivity contribution in [2.45, 2.75) is 31.9 Å². The molecule has 0 amide bonds. The van der Waals surface area contributed by atoms with Crippen molar-refractivity contribution in [3.8, 4) is 0 Å². The molecule has 5 heteroatoms. The number of hydrogen-bond acceptors (Lipinski definition) is 3. The first kappa shape index (κ1) is 18.4. The third kappa shape index (κ3) is 3.58. The lowest BCUT2D eigenvalue weighted by molar-refractivity contribution is -0.139. The van der Waals surface area contributed by atoms with Crippen LogP contribution in [0.2, 0.25) is 5.04 Å². The summed E-state index contributed by atoms with van der Waals surface area (Å²) in [5.74, 6) is -1.05. The standard InChI is InChI=1S/C19H25NO3Si/c1-19(2,3)24(15-10-6-4-7-11-15,16-12-8-5-9-13-16)23-14-17(20)18(21)22/h4-13,17H,14,20H2,1-3H3,(H,21,22)/t17-/m0/s1. The maximum atomic E-state index is 11.1. The molecular formula is C19H25NO3Si. The van der Waals surface area contributed by atoms with Crippen LogP contribution in [0.1, 0.15) is 20.8 Å². The number of aliphatic carboxylic acids is 1. The summed E-state index contributed by atoms with van der Waals surface area (Å²) in [5.41, 5.74) is 5.72. The first-order valence-corrected chi connectivity index (χ1v) is 9.93. The maximum absolute atomic E-state index is 11.1. The van der Waals surface area contributed by atoms with Crippen molar-refractivity contribution in [1.29, 1.82) is 0 Å². The van der Waals surface area contributed by atoms with Crippen LogP contribution in [-0.2, 0) is 9.22 Å². The monoisotopic (exact) mass is 343 g/mol. The molecule has 0 saturated heterocycles. The Hall–Kier alpha value is -1.95. The molecule has 128 valence electrons. The Labute approximate surface area is 144 Å². The van der Waals surface area contributed by atoms with Crippen molar-refractivity contribution in [2.24, 2.45) is 5.73 Å². The average molecular weight is 343 g/mol. The van der Waals surface area contributed by atoms with E-state index in [4.69, 9.17) is 15.3 Å². The van der Waals surface area contributed by atoms with Gasteiger partial charge in [0.25, 0.3) is 8.32 Å². The van der Waals surface area contributed by atoms with Crippen molar-refractivity contribution in [1.82, 2.24) is 0 Å². The molecule has 0 spiro atoms. The first-order chi connectivity index (χ1) is 11.3. The Balaban J connectivity index is 2.59. The zero-order valence-electron chi connectivity index (χ0n) is 14.4. The number of carboxylic acid groups (broad SMARTS) is 1. The van der Waals surface area contributed by atoms with Crippen LogP contribution in [0.15, 0.2) is 60.7 Å². The van der Waals surface area contributed by atoms with Crippen molar-refractivity contribution < 1.29 is 14.3 Å². The second-order valence-electron chi connectivity index (χ2n) is 6.92. The predicted molar refractivity (Wildman–Crippen MR) is 99.2 cm³/mol. The third-order valence-corrected chi connectivity index (χ3v) is 9.22. The molecular weight excluding hydrogens is 318 g/mol. The van der Waals surface area contributed by atoms with Gasteiger partial charge in [0.1, 0.15) is 6.04 Å². The van der Waals surface area contributed by atoms with E-state index in [0.717, 1.165) is 10.4 Å². The number of carboxylic acids is 1. The van der Waals surface area contributed by atoms with Crippen LogP contribution in [0, 0.1) is 0 Å². The zero-order valence-corrected chi connectivity index (χ0v) is 15.4. The zero-order chi connectivity index (χ0) is 17.8. The maximum Gasteiger partial charge on any atom is 0.322 e. The van der Waals surface area contributed by atoms with Gasteiger partial charge in [-0.05, 0) is 15.4 Å². The van der Waals surface area contributed by atoms with Crippen LogP contribution in [-0.4, -0.2) is 32.0 Å². The molecule has 0 bridgehead atoms. The SMILES string of the molecule is CC(C)(C)[Si](OC[C@H](N)C(=O)O)(c1ccccc1)c1ccccc1. The van der Waals surface area contributed by atoms with Gasteiger partial charge in [0.05, 0.1) is 6.61 Å². The quantitative estimate of drug-likeness (QED) is 0.787. The van der Waals surface area contributed by atoms with Gasteiger partial charge in [0, 0.05) is 0 Å². The molecule has 2 aromatic carbocycles. The molecule has 24 heavy (non-hydrogen) atoms. The normalized spacial score (nSPS) is 13.5. The summed E-state index contributed by atoms with van der Waals surface area (Å²) in [5, 5.41) is 11.2. The Morgan fingerprint density at radius 1 is 1.04 bits per heavy atom. The van der Waals surface area contributed by atoms with E-state index in [0.29, 0.717) is 0 Å². The van der Waals surface area contributed by atoms with E-state index in [1.807, 2.05) is 36.4 Å². The molecule has 0 aromatic heterocycles. The van der Waals surface area contributed by atoms with E-state index in [1.165, 1.54) is 0 Å². The second kappa shape index (κ2) is 7.30. The molecule has 0 aliphatic heterocycles. The topological polar surface area (TPSA) is 72.5 Å². The lowest BCUT2D eigenvalue weighted by Gasteiger charge is -2.43. The highest BCUT2D eigenvalue weighted by Gasteiger charge is 2.50. The van der Waals surface area contributed by atoms with Crippen LogP contribution >= 0.6 is 0 Å². The summed E-state index contributed by atoms with van der Waals surface area (Å²) in [7, 11) is -2.70. The van der Waals surface area contributed by atoms with Gasteiger partial charge in [0.2, 0.25) is 0 Å². The van der Waals surface area contributed by atoms with Gasteiger partial charge in [0.15, 0.2) is 0 Å². The lowest BCUT2D eigenvalue weighted by atomic mass is 10.2. The highest BCUT2D eigenvalue weighted by molar-refractivity contribution is 6.99. The molecule has 0 aliphatic rings. The summed E-state index contributed by atoms with van der Waals surface area (Å²) in [6.45, 7) is 6.42. The second-order valence-corrected chi connectivity index (χ2v) is 11.2. The first-order valence-electron chi connectivity index (χ1n) is 8.02. The van der Waals surface area contributed by atoms with Crippen LogP contribution in [0.3, 0.4) is 0 Å². The number of carbonyl (C=O) groups is 1. The van der Waals surface area contributed by atoms with Crippen molar-refractivity contribution in [3.63, 3.8) is 0 Å². The molecule has 3 N–H and O–H groups in total. The summed E-state index contributed by atoms with van der Waals surface area (Å²) in [6, 6.07) is 19.1. The minimum absolute atomic E-state index is 0.0113. The number of hydrogen-bond donors (Lipinski definition) is 2. The molecule has 0 aliphatic carbocycles. The fraction of sp³-hybridized carbons (Fsp3) is 0.316. The van der Waals surface area contributed by atoms with E-state index in [9.17, 15) is 4.79 Å². The largest absolute Gasteiger partial charge is 0.480 e. The van der Waals surface area contributed by atoms with Crippen molar-refractivity contribution in [2.75, 3.05) is 6.61 Å². The van der Waals surface area contributed by atoms with Crippen molar-refractivity contribution in [3.05, 3.63) is 60.7 Å². The highest BCUT2D eigenvalue weighted by Crippen LogP contribution is 2.36. The molecule has 0 heterocycles. The third-order valence-electron chi connectivity index (χ3n) is 4.21. The van der Waals surface area contributed by atoms with Gasteiger partial charge in [-0.1, -0.05) is 81.4 Å². The molecule has 2 aromatic rings. The summed E-state index contributed by atoms with van der Waals surface area (Å²) >= 11 is 0. The van der Waals surface area contributed by atoms with E-state index in [-0.39, 0.29) is 11.6 Å². The van der Waals surface area contributed by atoms with E-state index in [2.05, 4.69) is 45.0 Å². The summed E-state index contributed by atoms with van der Waals surface area (Å²) < 4.78 is 6.42. The Kier molecular flexibility index (Phi) is 5.59. The fourth-order valence-electron chi connectivity index (χ4n) is 3.05. The lowest BCUT2D eigenvalue weighted by Crippen LogP contribution is -2.67. The smallest absolute Gasteiger partial charge is 0.322 e. The Bertz CT molecular complexity index is 629. The highest BCUT2D eigenvalue weighted by atomic mass is 28.4. The average Bonchev–Trinajstić information content (AvgIpc) is 2.56. The molecule has 2 rings (SSSR count). The number of rotatable bonds is 6. The summed E-state index contributed by atoms with van der Waals surface area (Å²) in [6.07, 6.45) is 0. The molecule has 1 atom stereocenters. The van der Waals surface area contributed by atoms with Gasteiger partial charge >= 0.3 is 5.97 Å². The van der Waals surface area contributed by atoms with E-state index >= 15 is 0 Å². The van der Waals surface area contributed by atoms with Crippen LogP contribution in [0.5, 0.6) is 0 Å². The van der Waals surface area contributed by atoms with Crippen LogP contribution < -0.4 is 16.1 Å². The Morgan fingerprint density at radius 3 is 1.79 bits per heavy atom. The van der Waals surface area contributed by atoms with E-state index in [1.54, 1.807) is 0 Å². The molecule has 0 radical (unpaired) electrons. The van der Waals surface area contributed by atoms with Gasteiger partial charge in [-0.2, -0.15) is 0 Å². The number of nitrogens with two attached hydrogens (primary N) is 1. The molecule has 0 saturated carbocycles. The minimum atomic E-state index is -2.70. The fourth-order valence-corrected chi connectivity index (χ4v) is 7.63. The molecule has 0 unspecified atom stereocenters. The van der Waals surface area contributed by atoms with Gasteiger partial charge in [-0.15, -0.1) is 0 Å². The molecule has 4 nitrogen and oxygen atoms in total. The van der Waals surface area contributed by atoms with Gasteiger partial charge in [-0.3, -0.25) is 4.79 Å². The summed E-state index contributed by atoms with van der Waals surface area (Å²) in [4.78, 5) is 11.1. The van der Waals surface area contributed by atoms with Gasteiger partial charge in [-0.25, -0.2) is 0 Å². The van der Waals surface area contributed by atoms with Crippen LogP contribution in [0.4, 0.5) is 0 Å². The number of benzene rings is 2.